The first-order valence-electron chi connectivity index (χ1n) is 15.1. The standard InChI is InChI=1S/C34H39F2N3O6/c1-5-20-13-24(35)14-21(6-2)31(20)37-29(40)18-39-17-26(23-15-27(36)33-28(16-23)44-19-45-33)30(34(41)42)32(39)22-7-9-25(10-8-22)43-12-11-38(3)4/h7-10,13-16,26,30,32H,5-6,11-12,17-19H2,1-4H3,(H,37,40)(H,41,42)/t26-,30-,32+/m1/s1. The molecule has 0 bridgehead atoms. The highest BCUT2D eigenvalue weighted by Crippen LogP contribution is 2.48. The number of rotatable bonds is 12. The monoisotopic (exact) mass is 623 g/mol. The van der Waals surface area contributed by atoms with Gasteiger partial charge in [-0.25, -0.2) is 8.78 Å². The lowest BCUT2D eigenvalue weighted by Gasteiger charge is -2.27. The fourth-order valence-electron chi connectivity index (χ4n) is 6.24. The predicted molar refractivity (Wildman–Crippen MR) is 165 cm³/mol. The molecule has 0 unspecified atom stereocenters. The van der Waals surface area contributed by atoms with Gasteiger partial charge in [0.15, 0.2) is 11.6 Å². The number of nitrogens with one attached hydrogen (secondary N) is 1. The van der Waals surface area contributed by atoms with Crippen LogP contribution in [0.5, 0.6) is 17.2 Å². The Morgan fingerprint density at radius 2 is 1.71 bits per heavy atom. The lowest BCUT2D eigenvalue weighted by molar-refractivity contribution is -0.143. The van der Waals surface area contributed by atoms with E-state index in [0.29, 0.717) is 53.1 Å². The summed E-state index contributed by atoms with van der Waals surface area (Å²) in [5.74, 6) is -3.25. The second kappa shape index (κ2) is 13.8. The summed E-state index contributed by atoms with van der Waals surface area (Å²) in [5.41, 5.74) is 3.07. The Balaban J connectivity index is 1.48. The lowest BCUT2D eigenvalue weighted by atomic mass is 9.82. The van der Waals surface area contributed by atoms with Crippen LogP contribution in [0.3, 0.4) is 0 Å². The number of hydrogen-bond donors (Lipinski definition) is 2. The number of likely N-dealkylation sites (tertiary alicyclic amines) is 1. The fourth-order valence-corrected chi connectivity index (χ4v) is 6.24. The molecule has 1 amide bonds. The maximum absolute atomic E-state index is 15.0. The van der Waals surface area contributed by atoms with Gasteiger partial charge in [-0.1, -0.05) is 26.0 Å². The average Bonchev–Trinajstić information content (AvgIpc) is 3.63. The second-order valence-electron chi connectivity index (χ2n) is 11.7. The lowest BCUT2D eigenvalue weighted by Crippen LogP contribution is -2.35. The number of likely N-dealkylation sites (N-methyl/N-ethyl adjacent to an activating group) is 1. The van der Waals surface area contributed by atoms with E-state index in [4.69, 9.17) is 14.2 Å². The van der Waals surface area contributed by atoms with Gasteiger partial charge in [0.25, 0.3) is 0 Å². The minimum atomic E-state index is -1.07. The molecule has 3 atom stereocenters. The molecule has 240 valence electrons. The van der Waals surface area contributed by atoms with E-state index in [2.05, 4.69) is 5.32 Å². The van der Waals surface area contributed by atoms with E-state index >= 15 is 0 Å². The molecule has 2 N–H and O–H groups in total. The molecular formula is C34H39F2N3O6. The smallest absolute Gasteiger partial charge is 0.309 e. The Bertz CT molecular complexity index is 1520. The van der Waals surface area contributed by atoms with Gasteiger partial charge in [0.2, 0.25) is 18.4 Å². The Hall–Kier alpha value is -4.22. The van der Waals surface area contributed by atoms with Gasteiger partial charge in [-0.3, -0.25) is 14.5 Å². The van der Waals surface area contributed by atoms with E-state index in [1.807, 2.05) is 49.9 Å². The van der Waals surface area contributed by atoms with Crippen LogP contribution in [0.1, 0.15) is 48.1 Å². The third-order valence-corrected chi connectivity index (χ3v) is 8.43. The van der Waals surface area contributed by atoms with Crippen LogP contribution in [0.15, 0.2) is 48.5 Å². The highest BCUT2D eigenvalue weighted by Gasteiger charge is 2.48. The van der Waals surface area contributed by atoms with Gasteiger partial charge in [0, 0.05) is 30.7 Å². The normalized spacial score (nSPS) is 19.2. The zero-order valence-electron chi connectivity index (χ0n) is 25.9. The molecule has 3 aromatic rings. The van der Waals surface area contributed by atoms with E-state index in [-0.39, 0.29) is 43.1 Å². The van der Waals surface area contributed by atoms with Crippen molar-refractivity contribution in [2.45, 2.75) is 38.6 Å². The molecule has 5 rings (SSSR count). The summed E-state index contributed by atoms with van der Waals surface area (Å²) >= 11 is 0. The number of anilines is 1. The number of aryl methyl sites for hydroxylation is 2. The van der Waals surface area contributed by atoms with Crippen molar-refractivity contribution in [2.24, 2.45) is 5.92 Å². The maximum Gasteiger partial charge on any atom is 0.309 e. The molecule has 1 fully saturated rings. The van der Waals surface area contributed by atoms with Gasteiger partial charge in [-0.05, 0) is 85.6 Å². The van der Waals surface area contributed by atoms with Crippen LogP contribution in [-0.4, -0.2) is 73.9 Å². The number of hydrogen-bond acceptors (Lipinski definition) is 7. The summed E-state index contributed by atoms with van der Waals surface area (Å²) in [6.07, 6.45) is 1.04. The molecule has 2 aliphatic rings. The molecule has 0 saturated carbocycles. The average molecular weight is 624 g/mol. The number of carboxylic acid groups (broad SMARTS) is 1. The van der Waals surface area contributed by atoms with Crippen LogP contribution in [0.4, 0.5) is 14.5 Å². The SMILES string of the molecule is CCc1cc(F)cc(CC)c1NC(=O)CN1C[C@H](c2cc(F)c3c(c2)OCO3)[C@@H](C(=O)O)[C@@H]1c1ccc(OCCN(C)C)cc1. The van der Waals surface area contributed by atoms with Gasteiger partial charge >= 0.3 is 5.97 Å². The molecule has 45 heavy (non-hydrogen) atoms. The van der Waals surface area contributed by atoms with Gasteiger partial charge in [-0.2, -0.15) is 0 Å². The molecule has 0 spiro atoms. The van der Waals surface area contributed by atoms with E-state index in [1.165, 1.54) is 18.2 Å². The molecule has 0 aromatic heterocycles. The molecule has 11 heteroatoms. The van der Waals surface area contributed by atoms with Gasteiger partial charge in [-0.15, -0.1) is 0 Å². The van der Waals surface area contributed by atoms with Crippen molar-refractivity contribution in [2.75, 3.05) is 52.4 Å². The number of carbonyl (C=O) groups excluding carboxylic acids is 1. The van der Waals surface area contributed by atoms with E-state index in [0.717, 1.165) is 6.54 Å². The molecule has 3 aromatic carbocycles. The molecule has 9 nitrogen and oxygen atoms in total. The summed E-state index contributed by atoms with van der Waals surface area (Å²) < 4.78 is 45.7. The van der Waals surface area contributed by atoms with Crippen LogP contribution in [-0.2, 0) is 22.4 Å². The number of aliphatic carboxylic acids is 1. The number of carbonyl (C=O) groups is 2. The third-order valence-electron chi connectivity index (χ3n) is 8.43. The highest BCUT2D eigenvalue weighted by molar-refractivity contribution is 5.94. The highest BCUT2D eigenvalue weighted by atomic mass is 19.1. The van der Waals surface area contributed by atoms with Crippen molar-refractivity contribution < 1.29 is 37.7 Å². The number of halogens is 2. The van der Waals surface area contributed by atoms with Gasteiger partial charge in [0.05, 0.1) is 12.5 Å². The summed E-state index contributed by atoms with van der Waals surface area (Å²) in [6.45, 7) is 4.91. The minimum absolute atomic E-state index is 0.000911. The molecule has 1 saturated heterocycles. The van der Waals surface area contributed by atoms with Crippen LogP contribution in [0, 0.1) is 17.6 Å². The Morgan fingerprint density at radius 1 is 1.02 bits per heavy atom. The molecule has 0 radical (unpaired) electrons. The number of carboxylic acids is 1. The van der Waals surface area contributed by atoms with E-state index < -0.39 is 29.7 Å². The number of benzene rings is 3. The zero-order valence-corrected chi connectivity index (χ0v) is 25.9. The van der Waals surface area contributed by atoms with Crippen LogP contribution < -0.4 is 19.5 Å². The van der Waals surface area contributed by atoms with Crippen LogP contribution in [0.25, 0.3) is 0 Å². The number of nitrogens with zero attached hydrogens (tertiary/aromatic N) is 2. The van der Waals surface area contributed by atoms with Crippen molar-refractivity contribution in [3.63, 3.8) is 0 Å². The van der Waals surface area contributed by atoms with Crippen LogP contribution in [0.2, 0.25) is 0 Å². The van der Waals surface area contributed by atoms with Gasteiger partial charge in [0.1, 0.15) is 18.2 Å². The van der Waals surface area contributed by atoms with Crippen molar-refractivity contribution >= 4 is 17.6 Å². The summed E-state index contributed by atoms with van der Waals surface area (Å²) in [7, 11) is 3.90. The van der Waals surface area contributed by atoms with Crippen LogP contribution >= 0.6 is 0 Å². The Kier molecular flexibility index (Phi) is 9.89. The molecule has 0 aliphatic carbocycles. The van der Waals surface area contributed by atoms with Gasteiger partial charge < -0.3 is 29.5 Å². The first-order chi connectivity index (χ1) is 21.6. The Labute approximate surface area is 261 Å². The topological polar surface area (TPSA) is 101 Å². The second-order valence-corrected chi connectivity index (χ2v) is 11.7. The summed E-state index contributed by atoms with van der Waals surface area (Å²) in [4.78, 5) is 30.4. The Morgan fingerprint density at radius 3 is 2.33 bits per heavy atom. The molecular weight excluding hydrogens is 584 g/mol. The quantitative estimate of drug-likeness (QED) is 0.283. The molecule has 2 aliphatic heterocycles. The van der Waals surface area contributed by atoms with Crippen molar-refractivity contribution in [1.29, 1.82) is 0 Å². The minimum Gasteiger partial charge on any atom is -0.492 e. The van der Waals surface area contributed by atoms with Crippen molar-refractivity contribution in [1.82, 2.24) is 9.80 Å². The predicted octanol–water partition coefficient (Wildman–Crippen LogP) is 5.24. The first-order valence-corrected chi connectivity index (χ1v) is 15.1. The zero-order chi connectivity index (χ0) is 32.2. The first kappa shape index (κ1) is 32.2. The third kappa shape index (κ3) is 7.04. The largest absolute Gasteiger partial charge is 0.492 e. The summed E-state index contributed by atoms with van der Waals surface area (Å²) in [6, 6.07) is 12.2. The maximum atomic E-state index is 15.0. The molecule has 2 heterocycles. The van der Waals surface area contributed by atoms with E-state index in [1.54, 1.807) is 18.2 Å². The van der Waals surface area contributed by atoms with E-state index in [9.17, 15) is 23.5 Å². The number of ether oxygens (including phenoxy) is 3. The summed E-state index contributed by atoms with van der Waals surface area (Å²) in [5, 5.41) is 13.5. The van der Waals surface area contributed by atoms with Crippen molar-refractivity contribution in [3.05, 3.63) is 82.4 Å². The number of amides is 1. The van der Waals surface area contributed by atoms with Crippen molar-refractivity contribution in [3.8, 4) is 17.2 Å². The number of fused-ring (bicyclic) bond motifs is 1. The fraction of sp³-hybridized carbons (Fsp3) is 0.412.